The van der Waals surface area contributed by atoms with Crippen molar-refractivity contribution in [3.05, 3.63) is 74.7 Å². The summed E-state index contributed by atoms with van der Waals surface area (Å²) in [6.45, 7) is 6.72. The topological polar surface area (TPSA) is 115 Å². The van der Waals surface area contributed by atoms with E-state index in [-0.39, 0.29) is 60.1 Å². The fourth-order valence-electron chi connectivity index (χ4n) is 4.96. The van der Waals surface area contributed by atoms with E-state index in [1.165, 1.54) is 4.90 Å². The Morgan fingerprint density at radius 2 is 1.86 bits per heavy atom. The lowest BCUT2D eigenvalue weighted by molar-refractivity contribution is 0.0401. The first kappa shape index (κ1) is 31.6. The van der Waals surface area contributed by atoms with Gasteiger partial charge in [0.15, 0.2) is 0 Å². The van der Waals surface area contributed by atoms with Gasteiger partial charge in [0.1, 0.15) is 17.6 Å². The van der Waals surface area contributed by atoms with Crippen LogP contribution in [0.3, 0.4) is 0 Å². The van der Waals surface area contributed by atoms with Crippen LogP contribution in [-0.2, 0) is 11.3 Å². The highest BCUT2D eigenvalue weighted by atomic mass is 35.5. The van der Waals surface area contributed by atoms with Crippen LogP contribution in [0.2, 0.25) is 5.02 Å². The summed E-state index contributed by atoms with van der Waals surface area (Å²) in [5, 5.41) is 6.43. The van der Waals surface area contributed by atoms with Gasteiger partial charge in [0.25, 0.3) is 17.4 Å². The highest BCUT2D eigenvalue weighted by molar-refractivity contribution is 6.31. The maximum absolute atomic E-state index is 13.6. The molecular weight excluding hydrogens is 589 g/mol. The van der Waals surface area contributed by atoms with Crippen molar-refractivity contribution >= 4 is 29.2 Å². The van der Waals surface area contributed by atoms with E-state index >= 15 is 0 Å². The Labute approximate surface area is 260 Å². The zero-order valence-corrected chi connectivity index (χ0v) is 26.0. The number of likely N-dealkylation sites (tertiary alicyclic amines) is 1. The predicted octanol–water partition coefficient (Wildman–Crippen LogP) is 4.86. The summed E-state index contributed by atoms with van der Waals surface area (Å²) in [6.07, 6.45) is 2.29. The molecule has 0 radical (unpaired) electrons. The van der Waals surface area contributed by atoms with Crippen LogP contribution in [0.5, 0.6) is 5.88 Å². The Morgan fingerprint density at radius 1 is 1.11 bits per heavy atom. The molecule has 1 aliphatic carbocycles. The van der Waals surface area contributed by atoms with E-state index in [1.807, 2.05) is 20.8 Å². The second-order valence-corrected chi connectivity index (χ2v) is 12.0. The average Bonchev–Trinajstić information content (AvgIpc) is 3.80. The first-order valence-corrected chi connectivity index (χ1v) is 15.1. The van der Waals surface area contributed by atoms with Crippen molar-refractivity contribution in [1.82, 2.24) is 19.8 Å². The third-order valence-corrected chi connectivity index (χ3v) is 7.73. The minimum Gasteiger partial charge on any atom is -0.475 e. The number of nitrogens with zero attached hydrogens (tertiary/aromatic N) is 3. The Hall–Kier alpha value is -3.80. The second kappa shape index (κ2) is 13.5. The van der Waals surface area contributed by atoms with Gasteiger partial charge < -0.3 is 29.6 Å². The first-order valence-electron chi connectivity index (χ1n) is 14.7. The van der Waals surface area contributed by atoms with Crippen LogP contribution in [0.4, 0.5) is 10.2 Å². The fraction of sp³-hybridized carbons (Fsp3) is 0.438. The molecule has 2 fully saturated rings. The molecule has 1 saturated carbocycles. The van der Waals surface area contributed by atoms with Crippen LogP contribution < -0.4 is 20.9 Å². The van der Waals surface area contributed by atoms with Crippen molar-refractivity contribution in [3.63, 3.8) is 0 Å². The summed E-state index contributed by atoms with van der Waals surface area (Å²) in [5.74, 6) is -0.608. The predicted molar refractivity (Wildman–Crippen MR) is 166 cm³/mol. The van der Waals surface area contributed by atoms with Crippen molar-refractivity contribution in [2.45, 2.75) is 64.6 Å². The number of ether oxygens (including phenoxy) is 2. The van der Waals surface area contributed by atoms with Crippen LogP contribution in [0, 0.1) is 0 Å². The maximum atomic E-state index is 13.6. The van der Waals surface area contributed by atoms with Crippen LogP contribution >= 0.6 is 11.6 Å². The Balaban J connectivity index is 1.48. The second-order valence-electron chi connectivity index (χ2n) is 11.6. The van der Waals surface area contributed by atoms with E-state index in [1.54, 1.807) is 54.3 Å². The summed E-state index contributed by atoms with van der Waals surface area (Å²) in [4.78, 5) is 46.1. The highest BCUT2D eigenvalue weighted by Gasteiger charge is 2.32. The summed E-state index contributed by atoms with van der Waals surface area (Å²) < 4.78 is 26.4. The molecule has 2 aromatic heterocycles. The third kappa shape index (κ3) is 7.46. The monoisotopic (exact) mass is 625 g/mol. The lowest BCUT2D eigenvalue weighted by Gasteiger charge is -2.34. The number of rotatable bonds is 12. The molecule has 10 nitrogen and oxygen atoms in total. The van der Waals surface area contributed by atoms with E-state index in [0.717, 1.165) is 18.4 Å². The molecule has 0 unspecified atom stereocenters. The number of anilines is 1. The zero-order chi connectivity index (χ0) is 31.5. The summed E-state index contributed by atoms with van der Waals surface area (Å²) in [7, 11) is 1.64. The van der Waals surface area contributed by atoms with Gasteiger partial charge in [-0.3, -0.25) is 14.4 Å². The molecule has 5 rings (SSSR count). The standard InChI is InChI=1S/C32H37ClFN5O5/c1-18(2)44-29-11-21(25-8-5-22(33)12-26(25)31(41)38-16-23(34)17-38)10-28(36-29)37-30(40)27-9-20(14-35-13-19(3)43-4)15-39(32(27)42)24-6-7-24/h5,8-12,15,18-19,23-24,35H,6-7,13-14,16-17H2,1-4H3,(H,36,37,40)/t19-/m0/s1. The Bertz CT molecular complexity index is 1600. The summed E-state index contributed by atoms with van der Waals surface area (Å²) in [6, 6.07) is 9.82. The molecule has 2 aliphatic rings. The number of pyridine rings is 2. The largest absolute Gasteiger partial charge is 0.475 e. The molecule has 3 heterocycles. The molecule has 1 atom stereocenters. The molecule has 2 N–H and O–H groups in total. The maximum Gasteiger partial charge on any atom is 0.263 e. The minimum absolute atomic E-state index is 0.00422. The molecule has 1 aromatic carbocycles. The molecule has 1 saturated heterocycles. The van der Waals surface area contributed by atoms with Gasteiger partial charge in [-0.05, 0) is 74.6 Å². The number of nitrogens with one attached hydrogen (secondary N) is 2. The van der Waals surface area contributed by atoms with Gasteiger partial charge in [-0.2, -0.15) is 4.98 Å². The SMILES string of the molecule is CO[C@@H](C)CNCc1cc(C(=O)Nc2cc(-c3ccc(Cl)cc3C(=O)N3CC(F)C3)cc(OC(C)C)n2)c(=O)n(C2CC2)c1. The quantitative estimate of drug-likeness (QED) is 0.296. The van der Waals surface area contributed by atoms with E-state index in [4.69, 9.17) is 21.1 Å². The molecule has 2 amide bonds. The van der Waals surface area contributed by atoms with E-state index in [9.17, 15) is 18.8 Å². The number of benzene rings is 1. The molecule has 0 spiro atoms. The van der Waals surface area contributed by atoms with Crippen LogP contribution in [0.25, 0.3) is 11.1 Å². The van der Waals surface area contributed by atoms with Gasteiger partial charge in [-0.1, -0.05) is 17.7 Å². The number of carbonyl (C=O) groups is 2. The van der Waals surface area contributed by atoms with E-state index in [2.05, 4.69) is 15.6 Å². The Kier molecular flexibility index (Phi) is 9.67. The lowest BCUT2D eigenvalue weighted by atomic mass is 9.98. The smallest absolute Gasteiger partial charge is 0.263 e. The van der Waals surface area contributed by atoms with E-state index < -0.39 is 12.1 Å². The lowest BCUT2D eigenvalue weighted by Crippen LogP contribution is -2.51. The van der Waals surface area contributed by atoms with Crippen molar-refractivity contribution in [2.75, 3.05) is 32.1 Å². The van der Waals surface area contributed by atoms with Crippen molar-refractivity contribution in [1.29, 1.82) is 0 Å². The van der Waals surface area contributed by atoms with Crippen LogP contribution in [0.15, 0.2) is 47.4 Å². The van der Waals surface area contributed by atoms with Gasteiger partial charge in [0.05, 0.1) is 25.3 Å². The van der Waals surface area contributed by atoms with Crippen molar-refractivity contribution in [3.8, 4) is 17.0 Å². The normalized spacial score (nSPS) is 15.7. The zero-order valence-electron chi connectivity index (χ0n) is 25.2. The third-order valence-electron chi connectivity index (χ3n) is 7.49. The van der Waals surface area contributed by atoms with Crippen LogP contribution in [0.1, 0.15) is 65.9 Å². The number of halogens is 2. The first-order chi connectivity index (χ1) is 21.0. The number of aromatic nitrogens is 2. The number of alkyl halides is 1. The number of hydrogen-bond donors (Lipinski definition) is 2. The summed E-state index contributed by atoms with van der Waals surface area (Å²) in [5.41, 5.74) is 1.75. The van der Waals surface area contributed by atoms with Gasteiger partial charge in [-0.15, -0.1) is 0 Å². The Morgan fingerprint density at radius 3 is 2.52 bits per heavy atom. The van der Waals surface area contributed by atoms with Gasteiger partial charge in [0, 0.05) is 49.1 Å². The van der Waals surface area contributed by atoms with Crippen molar-refractivity contribution in [2.24, 2.45) is 0 Å². The molecule has 1 aliphatic heterocycles. The number of methoxy groups -OCH3 is 1. The van der Waals surface area contributed by atoms with Crippen LogP contribution in [-0.4, -0.2) is 71.4 Å². The number of hydrogen-bond acceptors (Lipinski definition) is 7. The summed E-state index contributed by atoms with van der Waals surface area (Å²) >= 11 is 6.25. The number of carbonyl (C=O) groups excluding carboxylic acids is 2. The molecule has 0 bridgehead atoms. The van der Waals surface area contributed by atoms with Gasteiger partial charge in [0.2, 0.25) is 5.88 Å². The van der Waals surface area contributed by atoms with Gasteiger partial charge in [-0.25, -0.2) is 4.39 Å². The number of amides is 2. The minimum atomic E-state index is -1.05. The van der Waals surface area contributed by atoms with Gasteiger partial charge >= 0.3 is 0 Å². The molecule has 44 heavy (non-hydrogen) atoms. The average molecular weight is 626 g/mol. The molecule has 234 valence electrons. The molecular formula is C32H37ClFN5O5. The molecule has 12 heteroatoms. The fourth-order valence-corrected chi connectivity index (χ4v) is 5.14. The van der Waals surface area contributed by atoms with Crippen molar-refractivity contribution < 1.29 is 23.5 Å². The molecule has 3 aromatic rings. The van der Waals surface area contributed by atoms with E-state index in [0.29, 0.717) is 34.8 Å². The highest BCUT2D eigenvalue weighted by Crippen LogP contribution is 2.34.